The molecular weight excluding hydrogens is 927 g/mol. The van der Waals surface area contributed by atoms with Gasteiger partial charge < -0.3 is 10.2 Å². The SMILES string of the molecule is CC(c1ccccc1-c1ccc(Cl)cc1)N1CCC(N2CCc3c(ncnc3NS(=O)(=O)c3ccc(N[C@H](CCN(C)C)CSc4ccccc4Cl)c(S(=O)(=O)C(F)(F)F)c3)C2)CC1. The topological polar surface area (TPSA) is 128 Å². The van der Waals surface area contributed by atoms with Crippen LogP contribution in [0.15, 0.2) is 112 Å². The average Bonchev–Trinajstić information content (AvgIpc) is 3.27. The Kier molecular flexibility index (Phi) is 15.2. The van der Waals surface area contributed by atoms with Gasteiger partial charge in [0.15, 0.2) is 0 Å². The number of alkyl halides is 3. The summed E-state index contributed by atoms with van der Waals surface area (Å²) >= 11 is 13.9. The van der Waals surface area contributed by atoms with Crippen LogP contribution >= 0.6 is 35.0 Å². The highest BCUT2D eigenvalue weighted by Crippen LogP contribution is 2.39. The summed E-state index contributed by atoms with van der Waals surface area (Å²) in [5.41, 5.74) is -1.32. The molecule has 0 spiro atoms. The largest absolute Gasteiger partial charge is 0.501 e. The van der Waals surface area contributed by atoms with Gasteiger partial charge in [-0.05, 0) is 112 Å². The quantitative estimate of drug-likeness (QED) is 0.0918. The highest BCUT2D eigenvalue weighted by Gasteiger charge is 2.48. The predicted molar refractivity (Wildman–Crippen MR) is 249 cm³/mol. The zero-order valence-corrected chi connectivity index (χ0v) is 39.5. The molecular formula is C45H50Cl2F3N7O4S3. The van der Waals surface area contributed by atoms with E-state index in [1.807, 2.05) is 55.4 Å². The van der Waals surface area contributed by atoms with Crippen molar-refractivity contribution in [2.45, 2.75) is 77.5 Å². The molecule has 64 heavy (non-hydrogen) atoms. The minimum Gasteiger partial charge on any atom is -0.380 e. The second-order valence-corrected chi connectivity index (χ2v) is 21.8. The normalized spacial score (nSPS) is 16.6. The molecule has 2 aliphatic rings. The molecule has 11 nitrogen and oxygen atoms in total. The molecule has 1 saturated heterocycles. The standard InChI is InChI=1S/C45H50Cl2F3N7O4S3/c1-30(36-8-4-5-9-37(36)31-12-14-32(46)15-13-31)56-23-19-34(20-24-56)57-25-21-38-41(27-57)51-29-52-44(38)54-64(60,61)35-16-17-40(43(26-35)63(58,59)45(48,49)50)53-33(18-22-55(2)3)28-62-42-11-7-6-10-39(42)47/h4-17,26,29-30,33-34,53H,18-25,27-28H2,1-3H3,(H,51,52,54)/t30?,33-/m1/s1. The fraction of sp³-hybridized carbons (Fsp3) is 0.378. The molecule has 1 unspecified atom stereocenters. The lowest BCUT2D eigenvalue weighted by molar-refractivity contribution is -0.0435. The number of likely N-dealkylation sites (tertiary alicyclic amines) is 1. The Labute approximate surface area is 387 Å². The number of rotatable bonds is 16. The molecule has 0 radical (unpaired) electrons. The van der Waals surface area contributed by atoms with E-state index in [2.05, 4.69) is 54.9 Å². The maximum atomic E-state index is 14.2. The van der Waals surface area contributed by atoms with E-state index in [0.717, 1.165) is 48.5 Å². The molecule has 0 saturated carbocycles. The van der Waals surface area contributed by atoms with Crippen LogP contribution in [0.4, 0.5) is 24.7 Å². The first-order chi connectivity index (χ1) is 30.4. The van der Waals surface area contributed by atoms with E-state index in [1.54, 1.807) is 18.2 Å². The molecule has 0 bridgehead atoms. The van der Waals surface area contributed by atoms with Crippen molar-refractivity contribution < 1.29 is 30.0 Å². The maximum Gasteiger partial charge on any atom is 0.501 e. The highest BCUT2D eigenvalue weighted by atomic mass is 35.5. The number of sulfone groups is 1. The van der Waals surface area contributed by atoms with E-state index >= 15 is 0 Å². The molecule has 0 amide bonds. The fourth-order valence-corrected chi connectivity index (χ4v) is 11.8. The number of fused-ring (bicyclic) bond motifs is 1. The van der Waals surface area contributed by atoms with Crippen LogP contribution in [0.1, 0.15) is 49.0 Å². The van der Waals surface area contributed by atoms with Gasteiger partial charge in [-0.1, -0.05) is 71.7 Å². The van der Waals surface area contributed by atoms with Gasteiger partial charge in [-0.25, -0.2) is 26.8 Å². The van der Waals surface area contributed by atoms with Crippen molar-refractivity contribution in [2.75, 3.05) is 56.1 Å². The van der Waals surface area contributed by atoms with Crippen molar-refractivity contribution in [1.29, 1.82) is 0 Å². The van der Waals surface area contributed by atoms with Crippen molar-refractivity contribution in [3.63, 3.8) is 0 Å². The molecule has 1 fully saturated rings. The van der Waals surface area contributed by atoms with Crippen LogP contribution in [0, 0.1) is 0 Å². The van der Waals surface area contributed by atoms with Crippen molar-refractivity contribution in [3.05, 3.63) is 124 Å². The van der Waals surface area contributed by atoms with Gasteiger partial charge in [0.25, 0.3) is 19.9 Å². The summed E-state index contributed by atoms with van der Waals surface area (Å²) in [5, 5.41) is 4.17. The van der Waals surface area contributed by atoms with Crippen LogP contribution in [-0.2, 0) is 32.8 Å². The zero-order valence-electron chi connectivity index (χ0n) is 35.5. The van der Waals surface area contributed by atoms with E-state index in [0.29, 0.717) is 65.6 Å². The number of hydrogen-bond donors (Lipinski definition) is 2. The van der Waals surface area contributed by atoms with Gasteiger partial charge in [0.2, 0.25) is 0 Å². The molecule has 19 heteroatoms. The lowest BCUT2D eigenvalue weighted by Gasteiger charge is -2.42. The molecule has 2 N–H and O–H groups in total. The average molecular weight is 977 g/mol. The number of hydrogen-bond acceptors (Lipinski definition) is 11. The van der Waals surface area contributed by atoms with Crippen molar-refractivity contribution >= 4 is 66.3 Å². The first-order valence-corrected chi connectivity index (χ1v) is 25.5. The van der Waals surface area contributed by atoms with Crippen LogP contribution in [0.3, 0.4) is 0 Å². The second-order valence-electron chi connectivity index (χ2n) is 16.3. The van der Waals surface area contributed by atoms with Crippen LogP contribution < -0.4 is 10.0 Å². The van der Waals surface area contributed by atoms with E-state index < -0.39 is 41.2 Å². The lowest BCUT2D eigenvalue weighted by atomic mass is 9.92. The van der Waals surface area contributed by atoms with Gasteiger partial charge in [0, 0.05) is 65.5 Å². The summed E-state index contributed by atoms with van der Waals surface area (Å²) in [6.45, 7) is 5.62. The van der Waals surface area contributed by atoms with Gasteiger partial charge in [0.05, 0.1) is 21.3 Å². The van der Waals surface area contributed by atoms with Gasteiger partial charge in [-0.3, -0.25) is 14.5 Å². The predicted octanol–water partition coefficient (Wildman–Crippen LogP) is 9.65. The Morgan fingerprint density at radius 2 is 1.61 bits per heavy atom. The molecule has 7 rings (SSSR count). The number of anilines is 2. The third-order valence-corrected chi connectivity index (χ3v) is 16.6. The second kappa shape index (κ2) is 20.3. The molecule has 3 heterocycles. The smallest absolute Gasteiger partial charge is 0.380 e. The summed E-state index contributed by atoms with van der Waals surface area (Å²) < 4.78 is 99.1. The number of aromatic nitrogens is 2. The third kappa shape index (κ3) is 11.2. The van der Waals surface area contributed by atoms with Crippen LogP contribution in [0.2, 0.25) is 10.0 Å². The first-order valence-electron chi connectivity index (χ1n) is 20.8. The summed E-state index contributed by atoms with van der Waals surface area (Å²) in [7, 11) is -6.97. The van der Waals surface area contributed by atoms with Crippen LogP contribution in [-0.4, -0.2) is 105 Å². The van der Waals surface area contributed by atoms with Gasteiger partial charge in [0.1, 0.15) is 17.0 Å². The van der Waals surface area contributed by atoms with Crippen molar-refractivity contribution in [2.24, 2.45) is 0 Å². The molecule has 0 aliphatic carbocycles. The number of halogens is 5. The summed E-state index contributed by atoms with van der Waals surface area (Å²) in [6.07, 6.45) is 3.96. The number of piperidine rings is 1. The Balaban J connectivity index is 1.05. The molecule has 2 atom stereocenters. The monoisotopic (exact) mass is 975 g/mol. The van der Waals surface area contributed by atoms with E-state index in [4.69, 9.17) is 23.2 Å². The Hall–Kier alpha value is -3.94. The Morgan fingerprint density at radius 3 is 2.31 bits per heavy atom. The van der Waals surface area contributed by atoms with Crippen LogP contribution in [0.5, 0.6) is 0 Å². The van der Waals surface area contributed by atoms with Gasteiger partial charge in [-0.15, -0.1) is 11.8 Å². The number of nitrogens with one attached hydrogen (secondary N) is 2. The number of thioether (sulfide) groups is 1. The lowest BCUT2D eigenvalue weighted by Crippen LogP contribution is -2.47. The minimum absolute atomic E-state index is 0.00424. The number of benzene rings is 4. The van der Waals surface area contributed by atoms with Crippen molar-refractivity contribution in [3.8, 4) is 11.1 Å². The van der Waals surface area contributed by atoms with Gasteiger partial charge in [-0.2, -0.15) is 13.2 Å². The first kappa shape index (κ1) is 48.0. The molecule has 4 aromatic carbocycles. The Bertz CT molecular complexity index is 2650. The fourth-order valence-electron chi connectivity index (χ4n) is 8.27. The summed E-state index contributed by atoms with van der Waals surface area (Å²) in [6, 6.07) is 26.1. The van der Waals surface area contributed by atoms with Crippen molar-refractivity contribution in [1.82, 2.24) is 24.7 Å². The van der Waals surface area contributed by atoms with Crippen LogP contribution in [0.25, 0.3) is 11.1 Å². The molecule has 1 aromatic heterocycles. The van der Waals surface area contributed by atoms with E-state index in [1.165, 1.54) is 29.2 Å². The number of sulfonamides is 1. The van der Waals surface area contributed by atoms with E-state index in [9.17, 15) is 30.0 Å². The maximum absolute atomic E-state index is 14.2. The molecule has 342 valence electrons. The highest BCUT2D eigenvalue weighted by molar-refractivity contribution is 7.99. The number of nitrogens with zero attached hydrogens (tertiary/aromatic N) is 5. The van der Waals surface area contributed by atoms with Gasteiger partial charge >= 0.3 is 5.51 Å². The third-order valence-electron chi connectivity index (χ3n) is 11.8. The van der Waals surface area contributed by atoms with E-state index in [-0.39, 0.29) is 23.6 Å². The zero-order chi connectivity index (χ0) is 45.8. The minimum atomic E-state index is -6.01. The molecule has 5 aromatic rings. The summed E-state index contributed by atoms with van der Waals surface area (Å²) in [5.74, 6) is 0.315. The summed E-state index contributed by atoms with van der Waals surface area (Å²) in [4.78, 5) is 14.3. The molecule has 2 aliphatic heterocycles. The Morgan fingerprint density at radius 1 is 0.906 bits per heavy atom.